The van der Waals surface area contributed by atoms with Crippen molar-refractivity contribution in [3.8, 4) is 11.5 Å². The molecule has 29 heavy (non-hydrogen) atoms. The van der Waals surface area contributed by atoms with Crippen molar-refractivity contribution >= 4 is 27.3 Å². The highest BCUT2D eigenvalue weighted by Crippen LogP contribution is 2.30. The van der Waals surface area contributed by atoms with E-state index in [9.17, 15) is 13.2 Å². The lowest BCUT2D eigenvalue weighted by atomic mass is 10.1. The first kappa shape index (κ1) is 20.7. The quantitative estimate of drug-likeness (QED) is 0.574. The minimum atomic E-state index is -3.67. The standard InChI is InChI=1S/C20H23N3O5S/c1-14(16-9-10-18-19(13-16)28-12-11-27-18)21-22-20(24)15(2)23(29(3,25)26)17-7-5-4-6-8-17/h4-10,13,15H,11-12H2,1-3H3,(H,22,24). The molecule has 0 aliphatic carbocycles. The van der Waals surface area contributed by atoms with Crippen molar-refractivity contribution in [3.05, 3.63) is 54.1 Å². The number of carbonyl (C=O) groups excluding carboxylic acids is 1. The lowest BCUT2D eigenvalue weighted by Gasteiger charge is -2.27. The van der Waals surface area contributed by atoms with Gasteiger partial charge in [0.2, 0.25) is 10.0 Å². The van der Waals surface area contributed by atoms with Crippen molar-refractivity contribution < 1.29 is 22.7 Å². The molecule has 1 unspecified atom stereocenters. The highest BCUT2D eigenvalue weighted by Gasteiger charge is 2.29. The van der Waals surface area contributed by atoms with Crippen LogP contribution in [-0.4, -0.2) is 45.5 Å². The van der Waals surface area contributed by atoms with Crippen LogP contribution in [0.2, 0.25) is 0 Å². The summed E-state index contributed by atoms with van der Waals surface area (Å²) in [5.74, 6) is 0.739. The number of ether oxygens (including phenoxy) is 2. The summed E-state index contributed by atoms with van der Waals surface area (Å²) in [4.78, 5) is 12.6. The maximum Gasteiger partial charge on any atom is 0.263 e. The fourth-order valence-corrected chi connectivity index (χ4v) is 4.12. The molecule has 0 fully saturated rings. The highest BCUT2D eigenvalue weighted by molar-refractivity contribution is 7.92. The molecule has 0 saturated carbocycles. The molecule has 1 atom stereocenters. The lowest BCUT2D eigenvalue weighted by Crippen LogP contribution is -2.46. The van der Waals surface area contributed by atoms with Crippen LogP contribution in [0.15, 0.2) is 53.6 Å². The first-order valence-electron chi connectivity index (χ1n) is 9.06. The molecule has 8 nitrogen and oxygen atoms in total. The summed E-state index contributed by atoms with van der Waals surface area (Å²) in [7, 11) is -3.67. The average molecular weight is 417 g/mol. The molecular weight excluding hydrogens is 394 g/mol. The van der Waals surface area contributed by atoms with Crippen LogP contribution in [0.1, 0.15) is 19.4 Å². The first-order chi connectivity index (χ1) is 13.8. The fourth-order valence-electron chi connectivity index (χ4n) is 2.95. The Bertz CT molecular complexity index is 1020. The summed E-state index contributed by atoms with van der Waals surface area (Å²) in [6.45, 7) is 4.23. The number of hydrazone groups is 1. The predicted octanol–water partition coefficient (Wildman–Crippen LogP) is 2.15. The van der Waals surface area contributed by atoms with Gasteiger partial charge in [0.05, 0.1) is 17.7 Å². The first-order valence-corrected chi connectivity index (χ1v) is 10.9. The van der Waals surface area contributed by atoms with E-state index in [0.29, 0.717) is 36.1 Å². The number of fused-ring (bicyclic) bond motifs is 1. The monoisotopic (exact) mass is 417 g/mol. The number of sulfonamides is 1. The molecule has 1 aliphatic heterocycles. The third-order valence-electron chi connectivity index (χ3n) is 4.39. The van der Waals surface area contributed by atoms with Crippen LogP contribution in [0.3, 0.4) is 0 Å². The van der Waals surface area contributed by atoms with Gasteiger partial charge in [-0.3, -0.25) is 9.10 Å². The van der Waals surface area contributed by atoms with Gasteiger partial charge in [-0.1, -0.05) is 18.2 Å². The van der Waals surface area contributed by atoms with Crippen molar-refractivity contribution in [2.45, 2.75) is 19.9 Å². The Morgan fingerprint density at radius 2 is 1.76 bits per heavy atom. The van der Waals surface area contributed by atoms with Gasteiger partial charge in [0.1, 0.15) is 19.3 Å². The van der Waals surface area contributed by atoms with Gasteiger partial charge in [0.15, 0.2) is 11.5 Å². The zero-order valence-electron chi connectivity index (χ0n) is 16.5. The van der Waals surface area contributed by atoms with E-state index in [4.69, 9.17) is 9.47 Å². The summed E-state index contributed by atoms with van der Waals surface area (Å²) in [6.07, 6.45) is 1.06. The molecule has 2 aromatic carbocycles. The van der Waals surface area contributed by atoms with Crippen LogP contribution in [0, 0.1) is 0 Å². The molecule has 3 rings (SSSR count). The normalized spacial score (nSPS) is 14.8. The van der Waals surface area contributed by atoms with Crippen LogP contribution in [0.4, 0.5) is 5.69 Å². The number of nitrogens with one attached hydrogen (secondary N) is 1. The third kappa shape index (κ3) is 4.86. The number of para-hydroxylation sites is 1. The summed E-state index contributed by atoms with van der Waals surface area (Å²) < 4.78 is 36.6. The maximum atomic E-state index is 12.6. The molecule has 0 bridgehead atoms. The fraction of sp³-hybridized carbons (Fsp3) is 0.300. The topological polar surface area (TPSA) is 97.3 Å². The molecule has 2 aromatic rings. The van der Waals surface area contributed by atoms with Gasteiger partial charge in [-0.25, -0.2) is 13.8 Å². The van der Waals surface area contributed by atoms with Crippen LogP contribution in [-0.2, 0) is 14.8 Å². The molecule has 1 N–H and O–H groups in total. The zero-order valence-corrected chi connectivity index (χ0v) is 17.3. The van der Waals surface area contributed by atoms with E-state index < -0.39 is 22.0 Å². The van der Waals surface area contributed by atoms with E-state index >= 15 is 0 Å². The van der Waals surface area contributed by atoms with E-state index in [0.717, 1.165) is 16.1 Å². The van der Waals surface area contributed by atoms with E-state index in [1.807, 2.05) is 6.07 Å². The van der Waals surface area contributed by atoms with Crippen molar-refractivity contribution in [2.24, 2.45) is 5.10 Å². The van der Waals surface area contributed by atoms with Crippen molar-refractivity contribution in [2.75, 3.05) is 23.8 Å². The van der Waals surface area contributed by atoms with Gasteiger partial charge in [-0.05, 0) is 44.2 Å². The van der Waals surface area contributed by atoms with Crippen molar-refractivity contribution in [1.82, 2.24) is 5.43 Å². The number of carbonyl (C=O) groups is 1. The summed E-state index contributed by atoms with van der Waals surface area (Å²) >= 11 is 0. The van der Waals surface area contributed by atoms with E-state index in [1.165, 1.54) is 6.92 Å². The minimum absolute atomic E-state index is 0.408. The molecular formula is C20H23N3O5S. The number of benzene rings is 2. The molecule has 1 amide bonds. The summed E-state index contributed by atoms with van der Waals surface area (Å²) in [5, 5.41) is 4.12. The second-order valence-electron chi connectivity index (χ2n) is 6.60. The van der Waals surface area contributed by atoms with Gasteiger partial charge < -0.3 is 9.47 Å². The molecule has 9 heteroatoms. The second kappa shape index (κ2) is 8.52. The SMILES string of the molecule is CC(=NNC(=O)C(C)N(c1ccccc1)S(C)(=O)=O)c1ccc2c(c1)OCCO2. The Morgan fingerprint density at radius 3 is 2.41 bits per heavy atom. The van der Waals surface area contributed by atoms with Gasteiger partial charge in [0, 0.05) is 5.56 Å². The predicted molar refractivity (Wildman–Crippen MR) is 111 cm³/mol. The number of rotatable bonds is 6. The van der Waals surface area contributed by atoms with Crippen molar-refractivity contribution in [3.63, 3.8) is 0 Å². The average Bonchev–Trinajstić information content (AvgIpc) is 2.71. The number of hydrogen-bond acceptors (Lipinski definition) is 6. The largest absolute Gasteiger partial charge is 0.486 e. The Balaban J connectivity index is 1.76. The Kier molecular flexibility index (Phi) is 6.07. The zero-order chi connectivity index (χ0) is 21.0. The minimum Gasteiger partial charge on any atom is -0.486 e. The van der Waals surface area contributed by atoms with Crippen LogP contribution >= 0.6 is 0 Å². The summed E-state index contributed by atoms with van der Waals surface area (Å²) in [5.41, 5.74) is 4.17. The summed E-state index contributed by atoms with van der Waals surface area (Å²) in [6, 6.07) is 12.9. The third-order valence-corrected chi connectivity index (χ3v) is 5.63. The van der Waals surface area contributed by atoms with Crippen LogP contribution in [0.25, 0.3) is 0 Å². The number of hydrogen-bond donors (Lipinski definition) is 1. The Morgan fingerprint density at radius 1 is 1.10 bits per heavy atom. The van der Waals surface area contributed by atoms with E-state index in [-0.39, 0.29) is 0 Å². The van der Waals surface area contributed by atoms with Gasteiger partial charge >= 0.3 is 0 Å². The molecule has 0 spiro atoms. The number of anilines is 1. The molecule has 0 saturated heterocycles. The molecule has 154 valence electrons. The van der Waals surface area contributed by atoms with Gasteiger partial charge in [-0.2, -0.15) is 5.10 Å². The Hall–Kier alpha value is -3.07. The van der Waals surface area contributed by atoms with E-state index in [2.05, 4.69) is 10.5 Å². The number of amides is 1. The molecule has 0 aromatic heterocycles. The van der Waals surface area contributed by atoms with E-state index in [1.54, 1.807) is 49.4 Å². The molecule has 0 radical (unpaired) electrons. The number of nitrogens with zero attached hydrogens (tertiary/aromatic N) is 2. The molecule has 1 aliphatic rings. The van der Waals surface area contributed by atoms with Crippen molar-refractivity contribution in [1.29, 1.82) is 0 Å². The van der Waals surface area contributed by atoms with Crippen LogP contribution < -0.4 is 19.2 Å². The second-order valence-corrected chi connectivity index (χ2v) is 8.46. The lowest BCUT2D eigenvalue weighted by molar-refractivity contribution is -0.121. The smallest absolute Gasteiger partial charge is 0.263 e. The highest BCUT2D eigenvalue weighted by atomic mass is 32.2. The van der Waals surface area contributed by atoms with Crippen LogP contribution in [0.5, 0.6) is 11.5 Å². The van der Waals surface area contributed by atoms with Gasteiger partial charge in [0.25, 0.3) is 5.91 Å². The molecule has 1 heterocycles. The van der Waals surface area contributed by atoms with Gasteiger partial charge in [-0.15, -0.1) is 0 Å². The maximum absolute atomic E-state index is 12.6. The Labute approximate surface area is 170 Å².